The van der Waals surface area contributed by atoms with E-state index in [0.717, 1.165) is 10.6 Å². The van der Waals surface area contributed by atoms with Crippen molar-refractivity contribution in [1.82, 2.24) is 5.32 Å². The number of hydrogen-bond acceptors (Lipinski definition) is 2. The fraction of sp³-hybridized carbons (Fsp3) is 0.300. The van der Waals surface area contributed by atoms with Gasteiger partial charge in [-0.3, -0.25) is 0 Å². The zero-order valence-electron chi connectivity index (χ0n) is 8.45. The molecule has 4 heteroatoms. The summed E-state index contributed by atoms with van der Waals surface area (Å²) in [5, 5.41) is 3.72. The van der Waals surface area contributed by atoms with Crippen molar-refractivity contribution < 1.29 is 4.79 Å². The van der Waals surface area contributed by atoms with Gasteiger partial charge in [0.2, 0.25) is 0 Å². The van der Waals surface area contributed by atoms with Crippen LogP contribution in [0.15, 0.2) is 24.3 Å². The number of anilines is 1. The minimum absolute atomic E-state index is 0.295. The lowest BCUT2D eigenvalue weighted by molar-refractivity contribution is 0.247. The van der Waals surface area contributed by atoms with Crippen molar-refractivity contribution in [2.45, 2.75) is 13.8 Å². The minimum atomic E-state index is -0.295. The van der Waals surface area contributed by atoms with E-state index < -0.39 is 0 Å². The smallest absolute Gasteiger partial charge is 0.336 e. The number of amides is 2. The highest BCUT2D eigenvalue weighted by molar-refractivity contribution is 5.90. The standard InChI is InChI=1S/C10H15N3O/c1-3-12-10(14)13(11)9-6-4-8(2)5-7-9/h4-7H,3,11H2,1-2H3,(H,12,14). The predicted octanol–water partition coefficient (Wildman–Crippen LogP) is 1.40. The van der Waals surface area contributed by atoms with Crippen LogP contribution in [0.3, 0.4) is 0 Å². The van der Waals surface area contributed by atoms with E-state index in [4.69, 9.17) is 5.84 Å². The number of benzene rings is 1. The molecule has 0 aliphatic rings. The first-order valence-corrected chi connectivity index (χ1v) is 4.54. The molecule has 0 aliphatic heterocycles. The van der Waals surface area contributed by atoms with Crippen molar-refractivity contribution >= 4 is 11.7 Å². The number of hydrazine groups is 1. The molecule has 1 rings (SSSR count). The Morgan fingerprint density at radius 2 is 2.00 bits per heavy atom. The van der Waals surface area contributed by atoms with E-state index >= 15 is 0 Å². The van der Waals surface area contributed by atoms with Crippen LogP contribution in [0.4, 0.5) is 10.5 Å². The number of urea groups is 1. The fourth-order valence-electron chi connectivity index (χ4n) is 1.06. The number of nitrogens with zero attached hydrogens (tertiary/aromatic N) is 1. The van der Waals surface area contributed by atoms with Gasteiger partial charge in [0.05, 0.1) is 5.69 Å². The highest BCUT2D eigenvalue weighted by atomic mass is 16.2. The van der Waals surface area contributed by atoms with Gasteiger partial charge in [0, 0.05) is 6.54 Å². The Labute approximate surface area is 83.7 Å². The Morgan fingerprint density at radius 1 is 1.43 bits per heavy atom. The SMILES string of the molecule is CCNC(=O)N(N)c1ccc(C)cc1. The van der Waals surface area contributed by atoms with E-state index in [2.05, 4.69) is 5.32 Å². The Kier molecular flexibility index (Phi) is 3.48. The highest BCUT2D eigenvalue weighted by Gasteiger charge is 2.08. The van der Waals surface area contributed by atoms with Crippen LogP contribution < -0.4 is 16.2 Å². The van der Waals surface area contributed by atoms with Crippen molar-refractivity contribution in [3.05, 3.63) is 29.8 Å². The maximum Gasteiger partial charge on any atom is 0.336 e. The molecule has 0 fully saturated rings. The van der Waals surface area contributed by atoms with E-state index in [1.165, 1.54) is 0 Å². The van der Waals surface area contributed by atoms with Gasteiger partial charge in [0.15, 0.2) is 0 Å². The number of carbonyl (C=O) groups is 1. The number of carbonyl (C=O) groups excluding carboxylic acids is 1. The third-order valence-corrected chi connectivity index (χ3v) is 1.86. The first-order valence-electron chi connectivity index (χ1n) is 4.54. The zero-order chi connectivity index (χ0) is 10.6. The summed E-state index contributed by atoms with van der Waals surface area (Å²) in [6.45, 7) is 4.40. The molecule has 0 saturated carbocycles. The first kappa shape index (κ1) is 10.5. The second kappa shape index (κ2) is 4.62. The van der Waals surface area contributed by atoms with Crippen LogP contribution in [0.2, 0.25) is 0 Å². The summed E-state index contributed by atoms with van der Waals surface area (Å²) in [6.07, 6.45) is 0. The molecular formula is C10H15N3O. The van der Waals surface area contributed by atoms with Crippen molar-refractivity contribution in [1.29, 1.82) is 0 Å². The Hall–Kier alpha value is -1.55. The minimum Gasteiger partial charge on any atom is -0.337 e. The summed E-state index contributed by atoms with van der Waals surface area (Å²) in [6, 6.07) is 7.15. The molecule has 3 N–H and O–H groups in total. The number of hydrogen-bond donors (Lipinski definition) is 2. The van der Waals surface area contributed by atoms with Crippen molar-refractivity contribution in [3.63, 3.8) is 0 Å². The normalized spacial score (nSPS) is 9.64. The second-order valence-electron chi connectivity index (χ2n) is 3.04. The van der Waals surface area contributed by atoms with Gasteiger partial charge in [0.25, 0.3) is 0 Å². The summed E-state index contributed by atoms with van der Waals surface area (Å²) < 4.78 is 0. The quantitative estimate of drug-likeness (QED) is 0.424. The predicted molar refractivity (Wildman–Crippen MR) is 56.9 cm³/mol. The average Bonchev–Trinajstić information content (AvgIpc) is 2.18. The largest absolute Gasteiger partial charge is 0.337 e. The third kappa shape index (κ3) is 2.47. The van der Waals surface area contributed by atoms with Crippen LogP contribution in [-0.2, 0) is 0 Å². The fourth-order valence-corrected chi connectivity index (χ4v) is 1.06. The Bertz CT molecular complexity index is 308. The third-order valence-electron chi connectivity index (χ3n) is 1.86. The van der Waals surface area contributed by atoms with Gasteiger partial charge >= 0.3 is 6.03 Å². The lowest BCUT2D eigenvalue weighted by Gasteiger charge is -2.16. The Morgan fingerprint density at radius 3 is 2.50 bits per heavy atom. The molecule has 0 radical (unpaired) electrons. The van der Waals surface area contributed by atoms with Crippen LogP contribution >= 0.6 is 0 Å². The molecular weight excluding hydrogens is 178 g/mol. The topological polar surface area (TPSA) is 58.4 Å². The summed E-state index contributed by atoms with van der Waals surface area (Å²) in [7, 11) is 0. The summed E-state index contributed by atoms with van der Waals surface area (Å²) >= 11 is 0. The number of nitrogens with one attached hydrogen (secondary N) is 1. The van der Waals surface area contributed by atoms with E-state index in [-0.39, 0.29) is 6.03 Å². The molecule has 0 spiro atoms. The summed E-state index contributed by atoms with van der Waals surface area (Å²) in [4.78, 5) is 11.3. The van der Waals surface area contributed by atoms with Gasteiger partial charge in [-0.15, -0.1) is 0 Å². The van der Waals surface area contributed by atoms with Crippen molar-refractivity contribution in [2.75, 3.05) is 11.6 Å². The number of rotatable bonds is 2. The molecule has 0 unspecified atom stereocenters. The molecule has 2 amide bonds. The van der Waals surface area contributed by atoms with Crippen molar-refractivity contribution in [3.8, 4) is 0 Å². The maximum absolute atomic E-state index is 11.3. The molecule has 0 aromatic heterocycles. The van der Waals surface area contributed by atoms with Gasteiger partial charge in [-0.25, -0.2) is 15.6 Å². The van der Waals surface area contributed by atoms with Crippen LogP contribution in [0.25, 0.3) is 0 Å². The highest BCUT2D eigenvalue weighted by Crippen LogP contribution is 2.11. The monoisotopic (exact) mass is 193 g/mol. The lowest BCUT2D eigenvalue weighted by Crippen LogP contribution is -2.44. The van der Waals surface area contributed by atoms with E-state index in [1.54, 1.807) is 0 Å². The van der Waals surface area contributed by atoms with Gasteiger partial charge in [-0.05, 0) is 26.0 Å². The second-order valence-corrected chi connectivity index (χ2v) is 3.04. The van der Waals surface area contributed by atoms with Crippen LogP contribution in [0.1, 0.15) is 12.5 Å². The molecule has 4 nitrogen and oxygen atoms in total. The molecule has 0 heterocycles. The lowest BCUT2D eigenvalue weighted by atomic mass is 10.2. The molecule has 0 bridgehead atoms. The van der Waals surface area contributed by atoms with Crippen LogP contribution in [-0.4, -0.2) is 12.6 Å². The molecule has 0 atom stereocenters. The number of nitrogens with two attached hydrogens (primary N) is 1. The molecule has 0 saturated heterocycles. The molecule has 1 aromatic rings. The van der Waals surface area contributed by atoms with Crippen LogP contribution in [0, 0.1) is 6.92 Å². The van der Waals surface area contributed by atoms with Crippen molar-refractivity contribution in [2.24, 2.45) is 5.84 Å². The zero-order valence-corrected chi connectivity index (χ0v) is 8.45. The van der Waals surface area contributed by atoms with Gasteiger partial charge < -0.3 is 5.32 Å². The van der Waals surface area contributed by atoms with E-state index in [9.17, 15) is 4.79 Å². The van der Waals surface area contributed by atoms with Gasteiger partial charge in [-0.2, -0.15) is 0 Å². The maximum atomic E-state index is 11.3. The first-order chi connectivity index (χ1) is 6.65. The number of aryl methyl sites for hydroxylation is 1. The molecule has 76 valence electrons. The van der Waals surface area contributed by atoms with E-state index in [0.29, 0.717) is 12.2 Å². The summed E-state index contributed by atoms with van der Waals surface area (Å²) in [5.41, 5.74) is 1.82. The van der Waals surface area contributed by atoms with Crippen LogP contribution in [0.5, 0.6) is 0 Å². The van der Waals surface area contributed by atoms with Gasteiger partial charge in [0.1, 0.15) is 0 Å². The molecule has 1 aromatic carbocycles. The molecule has 0 aliphatic carbocycles. The van der Waals surface area contributed by atoms with E-state index in [1.807, 2.05) is 38.1 Å². The molecule has 14 heavy (non-hydrogen) atoms. The average molecular weight is 193 g/mol. The summed E-state index contributed by atoms with van der Waals surface area (Å²) in [5.74, 6) is 5.60. The Balaban J connectivity index is 2.73. The van der Waals surface area contributed by atoms with Gasteiger partial charge in [-0.1, -0.05) is 17.7 Å².